The minimum absolute atomic E-state index is 0.200. The van der Waals surface area contributed by atoms with Gasteiger partial charge in [0, 0.05) is 11.1 Å². The molecule has 1 N–H and O–H groups in total. The Labute approximate surface area is 173 Å². The topological polar surface area (TPSA) is 76.7 Å². The van der Waals surface area contributed by atoms with Crippen molar-refractivity contribution >= 4 is 28.4 Å². The van der Waals surface area contributed by atoms with E-state index in [1.165, 1.54) is 0 Å². The molecule has 0 aliphatic carbocycles. The van der Waals surface area contributed by atoms with Crippen LogP contribution in [0.15, 0.2) is 76.1 Å². The molecule has 30 heavy (non-hydrogen) atoms. The quantitative estimate of drug-likeness (QED) is 0.527. The largest absolute Gasteiger partial charge is 0.493 e. The van der Waals surface area contributed by atoms with Crippen LogP contribution in [-0.2, 0) is 0 Å². The molecule has 6 heteroatoms. The number of nitrogens with one attached hydrogen (secondary N) is 1. The van der Waals surface area contributed by atoms with Gasteiger partial charge in [-0.05, 0) is 49.7 Å². The normalized spacial score (nSPS) is 11.5. The maximum atomic E-state index is 13.1. The zero-order valence-corrected chi connectivity index (χ0v) is 17.0. The lowest BCUT2D eigenvalue weighted by Gasteiger charge is -2.09. The third-order valence-electron chi connectivity index (χ3n) is 4.67. The van der Waals surface area contributed by atoms with Crippen LogP contribution < -0.4 is 15.6 Å². The smallest absolute Gasteiger partial charge is 0.262 e. The molecule has 2 aromatic carbocycles. The van der Waals surface area contributed by atoms with Crippen LogP contribution in [0.1, 0.15) is 21.6 Å². The number of aromatic nitrogens is 1. The number of rotatable bonds is 4. The number of aryl methyl sites for hydroxylation is 2. The van der Waals surface area contributed by atoms with Gasteiger partial charge in [0.05, 0.1) is 12.8 Å². The number of methoxy groups -OCH3 is 1. The van der Waals surface area contributed by atoms with Crippen LogP contribution in [-0.4, -0.2) is 18.0 Å². The predicted molar refractivity (Wildman–Crippen MR) is 116 cm³/mol. The minimum Gasteiger partial charge on any atom is -0.493 e. The van der Waals surface area contributed by atoms with E-state index in [0.717, 1.165) is 22.3 Å². The lowest BCUT2D eigenvalue weighted by Crippen LogP contribution is -2.22. The molecule has 2 heterocycles. The van der Waals surface area contributed by atoms with Crippen molar-refractivity contribution in [1.29, 1.82) is 0 Å². The van der Waals surface area contributed by atoms with Crippen LogP contribution in [0.3, 0.4) is 0 Å². The van der Waals surface area contributed by atoms with Crippen LogP contribution >= 0.6 is 0 Å². The molecule has 4 aromatic rings. The van der Waals surface area contributed by atoms with Gasteiger partial charge in [-0.2, -0.15) is 0 Å². The number of carbonyl (C=O) groups is 1. The number of fused-ring (bicyclic) bond motifs is 1. The summed E-state index contributed by atoms with van der Waals surface area (Å²) in [6, 6.07) is 20.4. The molecule has 0 saturated carbocycles. The maximum Gasteiger partial charge on any atom is 0.262 e. The van der Waals surface area contributed by atoms with Crippen LogP contribution in [0.4, 0.5) is 11.5 Å². The third-order valence-corrected chi connectivity index (χ3v) is 4.67. The molecular weight excluding hydrogens is 378 g/mol. The lowest BCUT2D eigenvalue weighted by molar-refractivity contribution is 0.102. The first-order valence-corrected chi connectivity index (χ1v) is 9.51. The monoisotopic (exact) mass is 399 g/mol. The fourth-order valence-corrected chi connectivity index (χ4v) is 3.13. The SMILES string of the molecule is COc1cccc2cc(C(=O)Nc3cccc(C)n3)c(=Nc3ccccc3C)oc12. The number of carbonyl (C=O) groups excluding carboxylic acids is 1. The molecule has 0 fully saturated rings. The maximum absolute atomic E-state index is 13.1. The molecule has 0 aliphatic heterocycles. The molecule has 2 aromatic heterocycles. The number of anilines is 1. The fraction of sp³-hybridized carbons (Fsp3) is 0.125. The van der Waals surface area contributed by atoms with Crippen LogP contribution in [0.5, 0.6) is 5.75 Å². The van der Waals surface area contributed by atoms with E-state index in [1.807, 2.05) is 62.4 Å². The molecule has 0 saturated heterocycles. The second kappa shape index (κ2) is 8.21. The van der Waals surface area contributed by atoms with Crippen molar-refractivity contribution in [2.75, 3.05) is 12.4 Å². The van der Waals surface area contributed by atoms with E-state index in [4.69, 9.17) is 9.15 Å². The van der Waals surface area contributed by atoms with Gasteiger partial charge in [0.15, 0.2) is 11.3 Å². The van der Waals surface area contributed by atoms with Crippen molar-refractivity contribution < 1.29 is 13.9 Å². The Morgan fingerprint density at radius 1 is 1.03 bits per heavy atom. The molecule has 0 aliphatic rings. The van der Waals surface area contributed by atoms with E-state index in [1.54, 1.807) is 25.3 Å². The van der Waals surface area contributed by atoms with E-state index in [9.17, 15) is 4.79 Å². The molecule has 1 amide bonds. The van der Waals surface area contributed by atoms with E-state index >= 15 is 0 Å². The molecule has 6 nitrogen and oxygen atoms in total. The van der Waals surface area contributed by atoms with Crippen LogP contribution in [0.25, 0.3) is 11.0 Å². The summed E-state index contributed by atoms with van der Waals surface area (Å²) >= 11 is 0. The summed E-state index contributed by atoms with van der Waals surface area (Å²) in [4.78, 5) is 22.1. The standard InChI is InChI=1S/C24H21N3O3/c1-15-8-4-5-11-19(15)26-24-18(23(28)27-21-13-6-9-16(2)25-21)14-17-10-7-12-20(29-3)22(17)30-24/h4-14H,1-3H3,(H,25,27,28). The number of ether oxygens (including phenoxy) is 1. The number of para-hydroxylation sites is 2. The van der Waals surface area contributed by atoms with E-state index in [2.05, 4.69) is 15.3 Å². The Kier molecular flexibility index (Phi) is 5.30. The first-order chi connectivity index (χ1) is 14.5. The van der Waals surface area contributed by atoms with E-state index < -0.39 is 0 Å². The van der Waals surface area contributed by atoms with E-state index in [-0.39, 0.29) is 11.5 Å². The lowest BCUT2D eigenvalue weighted by atomic mass is 10.1. The molecule has 0 spiro atoms. The van der Waals surface area contributed by atoms with Gasteiger partial charge in [0.1, 0.15) is 11.4 Å². The Bertz CT molecular complexity index is 1310. The highest BCUT2D eigenvalue weighted by Crippen LogP contribution is 2.25. The second-order valence-electron chi connectivity index (χ2n) is 6.86. The number of amides is 1. The summed E-state index contributed by atoms with van der Waals surface area (Å²) < 4.78 is 11.5. The van der Waals surface area contributed by atoms with Gasteiger partial charge in [-0.1, -0.05) is 36.4 Å². The van der Waals surface area contributed by atoms with Crippen molar-refractivity contribution in [2.45, 2.75) is 13.8 Å². The summed E-state index contributed by atoms with van der Waals surface area (Å²) in [6.07, 6.45) is 0. The third kappa shape index (κ3) is 3.93. The van der Waals surface area contributed by atoms with Gasteiger partial charge in [-0.25, -0.2) is 9.98 Å². The summed E-state index contributed by atoms with van der Waals surface area (Å²) in [7, 11) is 1.58. The fourth-order valence-electron chi connectivity index (χ4n) is 3.13. The van der Waals surface area contributed by atoms with E-state index in [0.29, 0.717) is 22.7 Å². The Hall–Kier alpha value is -3.93. The molecule has 150 valence electrons. The van der Waals surface area contributed by atoms with Crippen molar-refractivity contribution in [3.63, 3.8) is 0 Å². The van der Waals surface area contributed by atoms with Gasteiger partial charge in [0.2, 0.25) is 5.55 Å². The number of hydrogen-bond donors (Lipinski definition) is 1. The number of hydrogen-bond acceptors (Lipinski definition) is 5. The van der Waals surface area contributed by atoms with Gasteiger partial charge in [-0.3, -0.25) is 4.79 Å². The van der Waals surface area contributed by atoms with Crippen molar-refractivity contribution in [3.05, 3.63) is 89.1 Å². The Morgan fingerprint density at radius 3 is 2.60 bits per heavy atom. The van der Waals surface area contributed by atoms with Crippen LogP contribution in [0, 0.1) is 13.8 Å². The minimum atomic E-state index is -0.353. The highest BCUT2D eigenvalue weighted by molar-refractivity contribution is 6.05. The average molecular weight is 399 g/mol. The molecule has 0 atom stereocenters. The summed E-state index contributed by atoms with van der Waals surface area (Å²) in [5, 5.41) is 3.57. The Morgan fingerprint density at radius 2 is 1.83 bits per heavy atom. The van der Waals surface area contributed by atoms with Gasteiger partial charge in [0.25, 0.3) is 5.91 Å². The highest BCUT2D eigenvalue weighted by atomic mass is 16.5. The Balaban J connectivity index is 1.90. The van der Waals surface area contributed by atoms with Crippen LogP contribution in [0.2, 0.25) is 0 Å². The second-order valence-corrected chi connectivity index (χ2v) is 6.86. The van der Waals surface area contributed by atoms with Gasteiger partial charge >= 0.3 is 0 Å². The predicted octanol–water partition coefficient (Wildman–Crippen LogP) is 4.94. The number of pyridine rings is 1. The van der Waals surface area contributed by atoms with Gasteiger partial charge < -0.3 is 14.5 Å². The van der Waals surface area contributed by atoms with Crippen molar-refractivity contribution in [2.24, 2.45) is 4.99 Å². The zero-order valence-electron chi connectivity index (χ0n) is 17.0. The first-order valence-electron chi connectivity index (χ1n) is 9.51. The highest BCUT2D eigenvalue weighted by Gasteiger charge is 2.16. The molecule has 4 rings (SSSR count). The molecular formula is C24H21N3O3. The summed E-state index contributed by atoms with van der Waals surface area (Å²) in [6.45, 7) is 3.82. The zero-order chi connectivity index (χ0) is 21.1. The van der Waals surface area contributed by atoms with Crippen molar-refractivity contribution in [1.82, 2.24) is 4.98 Å². The van der Waals surface area contributed by atoms with Gasteiger partial charge in [-0.15, -0.1) is 0 Å². The molecule has 0 unspecified atom stereocenters. The molecule has 0 radical (unpaired) electrons. The summed E-state index contributed by atoms with van der Waals surface area (Å²) in [5.74, 6) is 0.683. The number of benzene rings is 2. The number of nitrogens with zero attached hydrogens (tertiary/aromatic N) is 2. The van der Waals surface area contributed by atoms with Crippen molar-refractivity contribution in [3.8, 4) is 5.75 Å². The first kappa shape index (κ1) is 19.4. The average Bonchev–Trinajstić information content (AvgIpc) is 2.74. The summed E-state index contributed by atoms with van der Waals surface area (Å²) in [5.41, 5.74) is 3.54. The molecule has 0 bridgehead atoms.